The van der Waals surface area contributed by atoms with Crippen molar-refractivity contribution in [3.05, 3.63) is 65.0 Å². The zero-order chi connectivity index (χ0) is 15.6. The van der Waals surface area contributed by atoms with Gasteiger partial charge in [-0.25, -0.2) is 0 Å². The molecule has 0 amide bonds. The monoisotopic (exact) mass is 490 g/mol. The van der Waals surface area contributed by atoms with Gasteiger partial charge in [0.15, 0.2) is 0 Å². The standard InChI is InChI=1S/C7HF5O2.C6H5.Hg/c8-2-1(7(13)14)3(9)5(11)6(12)4(2)10;1-2-4-6-5-3-1;/h(H,13,14);1-5H;/q;;+1/p-1. The molecule has 0 N–H and O–H groups in total. The number of carbonyl (C=O) groups excluding carboxylic acids is 1. The Labute approximate surface area is 128 Å². The molecule has 106 valence electrons. The van der Waals surface area contributed by atoms with Gasteiger partial charge in [-0.05, 0) is 0 Å². The average molecular weight is 489 g/mol. The van der Waals surface area contributed by atoms with E-state index in [-0.39, 0.29) is 0 Å². The van der Waals surface area contributed by atoms with Gasteiger partial charge in [-0.3, -0.25) is 0 Å². The molecule has 0 heterocycles. The molecule has 0 fully saturated rings. The van der Waals surface area contributed by atoms with Crippen LogP contribution in [0.3, 0.4) is 0 Å². The van der Waals surface area contributed by atoms with Crippen molar-refractivity contribution in [1.29, 1.82) is 0 Å². The van der Waals surface area contributed by atoms with Gasteiger partial charge in [-0.2, -0.15) is 0 Å². The van der Waals surface area contributed by atoms with Crippen molar-refractivity contribution in [3.63, 3.8) is 0 Å². The van der Waals surface area contributed by atoms with E-state index in [1.54, 1.807) is 30.3 Å². The molecule has 2 rings (SSSR count). The molecule has 0 aromatic heterocycles. The summed E-state index contributed by atoms with van der Waals surface area (Å²) >= 11 is -2.49. The van der Waals surface area contributed by atoms with Gasteiger partial charge in [0.05, 0.1) is 0 Å². The summed E-state index contributed by atoms with van der Waals surface area (Å²) in [5.41, 5.74) is -1.55. The Balaban J connectivity index is 2.28. The van der Waals surface area contributed by atoms with E-state index >= 15 is 0 Å². The fraction of sp³-hybridized carbons (Fsp3) is 0. The molecule has 8 heteroatoms. The average Bonchev–Trinajstić information content (AvgIpc) is 2.50. The number of halogens is 5. The van der Waals surface area contributed by atoms with E-state index < -0.39 is 65.6 Å². The van der Waals surface area contributed by atoms with E-state index in [9.17, 15) is 26.7 Å². The van der Waals surface area contributed by atoms with Crippen molar-refractivity contribution in [2.45, 2.75) is 0 Å². The first-order chi connectivity index (χ1) is 9.93. The van der Waals surface area contributed by atoms with E-state index in [4.69, 9.17) is 2.64 Å². The molecule has 0 aliphatic carbocycles. The van der Waals surface area contributed by atoms with E-state index in [0.29, 0.717) is 0 Å². The first-order valence-corrected chi connectivity index (χ1v) is 10.6. The van der Waals surface area contributed by atoms with Gasteiger partial charge >= 0.3 is 128 Å². The summed E-state index contributed by atoms with van der Waals surface area (Å²) in [6.07, 6.45) is 0. The van der Waals surface area contributed by atoms with E-state index in [1.807, 2.05) is 0 Å². The van der Waals surface area contributed by atoms with Crippen LogP contribution in [0.1, 0.15) is 10.4 Å². The first kappa shape index (κ1) is 15.9. The second-order valence-electron chi connectivity index (χ2n) is 4.01. The Bertz CT molecular complexity index is 662. The van der Waals surface area contributed by atoms with Gasteiger partial charge in [-0.1, -0.05) is 0 Å². The summed E-state index contributed by atoms with van der Waals surface area (Å²) in [5, 5.41) is 0. The van der Waals surface area contributed by atoms with Gasteiger partial charge in [-0.15, -0.1) is 0 Å². The van der Waals surface area contributed by atoms with Gasteiger partial charge in [0.2, 0.25) is 0 Å². The quantitative estimate of drug-likeness (QED) is 0.287. The van der Waals surface area contributed by atoms with Crippen LogP contribution in [0.5, 0.6) is 0 Å². The summed E-state index contributed by atoms with van der Waals surface area (Å²) in [5.74, 6) is -12.5. The molecule has 0 bridgehead atoms. The number of benzene rings is 2. The van der Waals surface area contributed by atoms with Crippen LogP contribution >= 0.6 is 0 Å². The van der Waals surface area contributed by atoms with E-state index in [1.165, 1.54) is 0 Å². The Morgan fingerprint density at radius 2 is 1.29 bits per heavy atom. The van der Waals surface area contributed by atoms with Crippen molar-refractivity contribution in [1.82, 2.24) is 0 Å². The molecule has 0 atom stereocenters. The second kappa shape index (κ2) is 6.51. The first-order valence-electron chi connectivity index (χ1n) is 5.66. The third kappa shape index (κ3) is 3.23. The molecule has 0 saturated carbocycles. The van der Waals surface area contributed by atoms with Crippen molar-refractivity contribution in [2.24, 2.45) is 0 Å². The van der Waals surface area contributed by atoms with Crippen LogP contribution in [0.4, 0.5) is 22.0 Å². The molecule has 21 heavy (non-hydrogen) atoms. The van der Waals surface area contributed by atoms with Crippen molar-refractivity contribution in [3.8, 4) is 0 Å². The van der Waals surface area contributed by atoms with Gasteiger partial charge in [0, 0.05) is 0 Å². The summed E-state index contributed by atoms with van der Waals surface area (Å²) in [7, 11) is 0. The number of rotatable bonds is 3. The van der Waals surface area contributed by atoms with Crippen molar-refractivity contribution < 1.29 is 54.4 Å². The van der Waals surface area contributed by atoms with Crippen LogP contribution in [0.25, 0.3) is 0 Å². The molecule has 0 saturated heterocycles. The minimum absolute atomic E-state index is 0.717. The number of hydrogen-bond donors (Lipinski definition) is 0. The van der Waals surface area contributed by atoms with E-state index in [2.05, 4.69) is 0 Å². The molecule has 0 spiro atoms. The Morgan fingerprint density at radius 1 is 0.810 bits per heavy atom. The molecular weight excluding hydrogens is 484 g/mol. The SMILES string of the molecule is O=C([O][Hg][c]1ccccc1)c1c(F)c(F)c(F)c(F)c1F. The van der Waals surface area contributed by atoms with Crippen molar-refractivity contribution in [2.75, 3.05) is 0 Å². The molecule has 0 aliphatic heterocycles. The number of carbonyl (C=O) groups is 1. The predicted octanol–water partition coefficient (Wildman–Crippen LogP) is 2.86. The maximum atomic E-state index is 13.4. The zero-order valence-electron chi connectivity index (χ0n) is 10.3. The second-order valence-corrected chi connectivity index (χ2v) is 9.43. The summed E-state index contributed by atoms with van der Waals surface area (Å²) in [4.78, 5) is 11.6. The topological polar surface area (TPSA) is 26.3 Å². The third-order valence-electron chi connectivity index (χ3n) is 2.63. The summed E-state index contributed by atoms with van der Waals surface area (Å²) in [6.45, 7) is 0. The molecule has 0 unspecified atom stereocenters. The zero-order valence-corrected chi connectivity index (χ0v) is 15.8. The van der Waals surface area contributed by atoms with Gasteiger partial charge < -0.3 is 0 Å². The Morgan fingerprint density at radius 3 is 1.81 bits per heavy atom. The predicted molar refractivity (Wildman–Crippen MR) is 57.7 cm³/mol. The van der Waals surface area contributed by atoms with Crippen LogP contribution in [-0.2, 0) is 27.7 Å². The Kier molecular flexibility index (Phi) is 4.92. The fourth-order valence-corrected chi connectivity index (χ4v) is 5.10. The summed E-state index contributed by atoms with van der Waals surface area (Å²) in [6, 6.07) is 8.41. The Hall–Kier alpha value is -1.50. The van der Waals surface area contributed by atoms with Crippen LogP contribution in [0.15, 0.2) is 30.3 Å². The molecule has 2 nitrogen and oxygen atoms in total. The van der Waals surface area contributed by atoms with Gasteiger partial charge in [0.1, 0.15) is 0 Å². The van der Waals surface area contributed by atoms with Crippen LogP contribution < -0.4 is 3.07 Å². The van der Waals surface area contributed by atoms with Crippen LogP contribution in [0, 0.1) is 29.1 Å². The van der Waals surface area contributed by atoms with Crippen LogP contribution in [0.2, 0.25) is 0 Å². The maximum absolute atomic E-state index is 13.4. The molecule has 0 aliphatic rings. The third-order valence-corrected chi connectivity index (χ3v) is 7.34. The molecule has 0 radical (unpaired) electrons. The van der Waals surface area contributed by atoms with Crippen molar-refractivity contribution >= 4 is 9.04 Å². The minimum atomic E-state index is -2.49. The van der Waals surface area contributed by atoms with Gasteiger partial charge in [0.25, 0.3) is 0 Å². The normalized spacial score (nSPS) is 10.1. The number of hydrogen-bond acceptors (Lipinski definition) is 2. The molecular formula is C13H5F5HgO2. The fourth-order valence-electron chi connectivity index (χ4n) is 1.58. The molecule has 2 aromatic carbocycles. The van der Waals surface area contributed by atoms with Crippen LogP contribution in [-0.4, -0.2) is 5.97 Å². The molecule has 2 aromatic rings. The summed E-state index contributed by atoms with van der Waals surface area (Å²) < 4.78 is 71.1. The van der Waals surface area contributed by atoms with E-state index in [0.717, 1.165) is 3.07 Å².